The largest absolute Gasteiger partial charge is 0.372 e. The van der Waals surface area contributed by atoms with Gasteiger partial charge in [0.15, 0.2) is 0 Å². The van der Waals surface area contributed by atoms with E-state index in [0.29, 0.717) is 11.1 Å². The predicted octanol–water partition coefficient (Wildman–Crippen LogP) is 3.37. The summed E-state index contributed by atoms with van der Waals surface area (Å²) in [6.07, 6.45) is 4.50. The maximum Gasteiger partial charge on any atom is 0.137 e. The summed E-state index contributed by atoms with van der Waals surface area (Å²) < 4.78 is 19.6. The first-order valence-corrected chi connectivity index (χ1v) is 6.78. The number of hydrogen-bond donors (Lipinski definition) is 1. The van der Waals surface area contributed by atoms with Crippen LogP contribution in [0.15, 0.2) is 22.7 Å². The topological polar surface area (TPSA) is 35.2 Å². The van der Waals surface area contributed by atoms with Gasteiger partial charge in [-0.05, 0) is 40.4 Å². The molecule has 2 atom stereocenters. The number of nitrogens with two attached hydrogens (primary N) is 1. The van der Waals surface area contributed by atoms with Crippen LogP contribution in [0, 0.1) is 5.82 Å². The SMILES string of the molecule is NC1CCCCC1OCc1cccc(F)c1Br. The summed E-state index contributed by atoms with van der Waals surface area (Å²) in [5, 5.41) is 0. The van der Waals surface area contributed by atoms with Gasteiger partial charge in [0.1, 0.15) is 5.82 Å². The molecule has 2 N–H and O–H groups in total. The summed E-state index contributed by atoms with van der Waals surface area (Å²) in [7, 11) is 0. The van der Waals surface area contributed by atoms with E-state index in [9.17, 15) is 4.39 Å². The van der Waals surface area contributed by atoms with Crippen molar-refractivity contribution in [3.8, 4) is 0 Å². The molecule has 0 radical (unpaired) electrons. The van der Waals surface area contributed by atoms with Crippen molar-refractivity contribution in [2.75, 3.05) is 0 Å². The first-order valence-electron chi connectivity index (χ1n) is 5.98. The average Bonchev–Trinajstić information content (AvgIpc) is 2.33. The van der Waals surface area contributed by atoms with Crippen LogP contribution in [0.5, 0.6) is 0 Å². The molecule has 0 spiro atoms. The van der Waals surface area contributed by atoms with Gasteiger partial charge in [0.05, 0.1) is 17.2 Å². The molecule has 1 aromatic rings. The van der Waals surface area contributed by atoms with Gasteiger partial charge >= 0.3 is 0 Å². The van der Waals surface area contributed by atoms with Crippen LogP contribution < -0.4 is 5.73 Å². The second-order valence-electron chi connectivity index (χ2n) is 4.51. The van der Waals surface area contributed by atoms with Gasteiger partial charge in [-0.25, -0.2) is 4.39 Å². The molecule has 1 aliphatic carbocycles. The number of rotatable bonds is 3. The second-order valence-corrected chi connectivity index (χ2v) is 5.30. The molecule has 0 aliphatic heterocycles. The molecule has 1 saturated carbocycles. The lowest BCUT2D eigenvalue weighted by molar-refractivity contribution is 0.00369. The van der Waals surface area contributed by atoms with Crippen molar-refractivity contribution in [2.45, 2.75) is 44.4 Å². The summed E-state index contributed by atoms with van der Waals surface area (Å²) in [4.78, 5) is 0. The third-order valence-corrected chi connectivity index (χ3v) is 4.13. The quantitative estimate of drug-likeness (QED) is 0.929. The van der Waals surface area contributed by atoms with Gasteiger partial charge in [0.2, 0.25) is 0 Å². The van der Waals surface area contributed by atoms with Crippen LogP contribution >= 0.6 is 15.9 Å². The summed E-state index contributed by atoms with van der Waals surface area (Å²) in [6.45, 7) is 0.413. The molecule has 4 heteroatoms. The van der Waals surface area contributed by atoms with Gasteiger partial charge in [-0.2, -0.15) is 0 Å². The summed E-state index contributed by atoms with van der Waals surface area (Å²) >= 11 is 3.23. The van der Waals surface area contributed by atoms with Crippen LogP contribution in [0.2, 0.25) is 0 Å². The van der Waals surface area contributed by atoms with Crippen LogP contribution in [-0.4, -0.2) is 12.1 Å². The second kappa shape index (κ2) is 5.94. The average molecular weight is 302 g/mol. The van der Waals surface area contributed by atoms with E-state index in [1.807, 2.05) is 6.07 Å². The Bertz CT molecular complexity index is 386. The van der Waals surface area contributed by atoms with E-state index >= 15 is 0 Å². The Morgan fingerprint density at radius 1 is 1.35 bits per heavy atom. The molecule has 94 valence electrons. The van der Waals surface area contributed by atoms with Gasteiger partial charge in [-0.1, -0.05) is 25.0 Å². The third-order valence-electron chi connectivity index (χ3n) is 3.24. The highest BCUT2D eigenvalue weighted by atomic mass is 79.9. The molecule has 0 bridgehead atoms. The molecule has 1 aromatic carbocycles. The molecule has 1 fully saturated rings. The monoisotopic (exact) mass is 301 g/mol. The first-order chi connectivity index (χ1) is 8.18. The van der Waals surface area contributed by atoms with Crippen molar-refractivity contribution in [1.29, 1.82) is 0 Å². The summed E-state index contributed by atoms with van der Waals surface area (Å²) in [6, 6.07) is 5.11. The van der Waals surface area contributed by atoms with Crippen molar-refractivity contribution in [3.05, 3.63) is 34.1 Å². The van der Waals surface area contributed by atoms with Crippen LogP contribution in [0.25, 0.3) is 0 Å². The van der Waals surface area contributed by atoms with Crippen molar-refractivity contribution in [2.24, 2.45) is 5.73 Å². The smallest absolute Gasteiger partial charge is 0.137 e. The van der Waals surface area contributed by atoms with Gasteiger partial charge in [-0.3, -0.25) is 0 Å². The third kappa shape index (κ3) is 3.27. The normalized spacial score (nSPS) is 24.9. The lowest BCUT2D eigenvalue weighted by Crippen LogP contribution is -2.39. The summed E-state index contributed by atoms with van der Waals surface area (Å²) in [5.74, 6) is -0.251. The van der Waals surface area contributed by atoms with Crippen LogP contribution in [0.1, 0.15) is 31.2 Å². The predicted molar refractivity (Wildman–Crippen MR) is 69.1 cm³/mol. The van der Waals surface area contributed by atoms with E-state index in [-0.39, 0.29) is 18.0 Å². The highest BCUT2D eigenvalue weighted by molar-refractivity contribution is 9.10. The van der Waals surface area contributed by atoms with Gasteiger partial charge < -0.3 is 10.5 Å². The molecule has 0 saturated heterocycles. The minimum Gasteiger partial charge on any atom is -0.372 e. The van der Waals surface area contributed by atoms with Gasteiger partial charge in [0.25, 0.3) is 0 Å². The van der Waals surface area contributed by atoms with Crippen molar-refractivity contribution >= 4 is 15.9 Å². The number of benzene rings is 1. The van der Waals surface area contributed by atoms with Crippen molar-refractivity contribution in [3.63, 3.8) is 0 Å². The zero-order chi connectivity index (χ0) is 12.3. The van der Waals surface area contributed by atoms with Crippen LogP contribution in [-0.2, 0) is 11.3 Å². The van der Waals surface area contributed by atoms with E-state index in [1.54, 1.807) is 6.07 Å². The molecule has 0 aromatic heterocycles. The highest BCUT2D eigenvalue weighted by Crippen LogP contribution is 2.24. The molecule has 0 heterocycles. The maximum absolute atomic E-state index is 13.3. The Hall–Kier alpha value is -0.450. The van der Waals surface area contributed by atoms with Gasteiger partial charge in [0, 0.05) is 6.04 Å². The molecular weight excluding hydrogens is 285 g/mol. The molecule has 2 nitrogen and oxygen atoms in total. The number of halogens is 2. The number of hydrogen-bond acceptors (Lipinski definition) is 2. The van der Waals surface area contributed by atoms with Crippen LogP contribution in [0.4, 0.5) is 4.39 Å². The number of ether oxygens (including phenoxy) is 1. The molecule has 0 amide bonds. The lowest BCUT2D eigenvalue weighted by atomic mass is 9.93. The Morgan fingerprint density at radius 3 is 2.88 bits per heavy atom. The zero-order valence-corrected chi connectivity index (χ0v) is 11.2. The summed E-state index contributed by atoms with van der Waals surface area (Å²) in [5.41, 5.74) is 6.84. The first kappa shape index (κ1) is 13.0. The Kier molecular flexibility index (Phi) is 4.54. The van der Waals surface area contributed by atoms with Crippen molar-refractivity contribution < 1.29 is 9.13 Å². The van der Waals surface area contributed by atoms with E-state index < -0.39 is 0 Å². The maximum atomic E-state index is 13.3. The molecule has 2 rings (SSSR count). The molecular formula is C13H17BrFNO. The standard InChI is InChI=1S/C13H17BrFNO/c14-13-9(4-3-5-10(13)15)8-17-12-7-2-1-6-11(12)16/h3-5,11-12H,1-2,6-8,16H2. The highest BCUT2D eigenvalue weighted by Gasteiger charge is 2.22. The Balaban J connectivity index is 1.95. The minimum atomic E-state index is -0.251. The van der Waals surface area contributed by atoms with Crippen molar-refractivity contribution in [1.82, 2.24) is 0 Å². The van der Waals surface area contributed by atoms with E-state index in [2.05, 4.69) is 15.9 Å². The molecule has 1 aliphatic rings. The Morgan fingerprint density at radius 2 is 2.12 bits per heavy atom. The fraction of sp³-hybridized carbons (Fsp3) is 0.538. The van der Waals surface area contributed by atoms with E-state index in [1.165, 1.54) is 18.9 Å². The molecule has 2 unspecified atom stereocenters. The van der Waals surface area contributed by atoms with Crippen LogP contribution in [0.3, 0.4) is 0 Å². The van der Waals surface area contributed by atoms with E-state index in [4.69, 9.17) is 10.5 Å². The minimum absolute atomic E-state index is 0.110. The Labute approximate surface area is 109 Å². The molecule has 17 heavy (non-hydrogen) atoms. The lowest BCUT2D eigenvalue weighted by Gasteiger charge is -2.28. The fourth-order valence-corrected chi connectivity index (χ4v) is 2.57. The van der Waals surface area contributed by atoms with E-state index in [0.717, 1.165) is 18.4 Å². The fourth-order valence-electron chi connectivity index (χ4n) is 2.19. The zero-order valence-electron chi connectivity index (χ0n) is 9.66. The van der Waals surface area contributed by atoms with Gasteiger partial charge in [-0.15, -0.1) is 0 Å².